The summed E-state index contributed by atoms with van der Waals surface area (Å²) in [6.07, 6.45) is 0. The smallest absolute Gasteiger partial charge is 0.336 e. The second kappa shape index (κ2) is 3.81. The van der Waals surface area contributed by atoms with Crippen LogP contribution in [0.3, 0.4) is 0 Å². The minimum atomic E-state index is -0.893. The molecule has 2 aromatic carbocycles. The summed E-state index contributed by atoms with van der Waals surface area (Å²) in [4.78, 5) is 11.3. The summed E-state index contributed by atoms with van der Waals surface area (Å²) in [7, 11) is 1.95. The van der Waals surface area contributed by atoms with Gasteiger partial charge in [-0.1, -0.05) is 18.2 Å². The van der Waals surface area contributed by atoms with E-state index in [-0.39, 0.29) is 0 Å². The van der Waals surface area contributed by atoms with Crippen molar-refractivity contribution in [2.24, 2.45) is 7.05 Å². The molecule has 3 rings (SSSR count). The largest absolute Gasteiger partial charge is 0.478 e. The van der Waals surface area contributed by atoms with Crippen LogP contribution in [0.5, 0.6) is 0 Å². The summed E-state index contributed by atoms with van der Waals surface area (Å²) in [5.41, 5.74) is 2.36. The van der Waals surface area contributed by atoms with Crippen molar-refractivity contribution >= 4 is 27.8 Å². The van der Waals surface area contributed by atoms with E-state index in [1.807, 2.05) is 48.0 Å². The number of fused-ring (bicyclic) bond motifs is 2. The van der Waals surface area contributed by atoms with Crippen LogP contribution in [-0.2, 0) is 7.05 Å². The van der Waals surface area contributed by atoms with E-state index in [9.17, 15) is 9.90 Å². The van der Waals surface area contributed by atoms with E-state index in [0.29, 0.717) is 5.56 Å². The van der Waals surface area contributed by atoms with E-state index < -0.39 is 5.97 Å². The zero-order valence-electron chi connectivity index (χ0n) is 9.92. The molecule has 0 aliphatic carbocycles. The summed E-state index contributed by atoms with van der Waals surface area (Å²) < 4.78 is 2.02. The molecule has 0 bridgehead atoms. The number of pyridine rings is 1. The molecule has 0 fully saturated rings. The maximum absolute atomic E-state index is 11.3. The van der Waals surface area contributed by atoms with E-state index >= 15 is 0 Å². The Labute approximate surface area is 104 Å². The molecule has 0 amide bonds. The normalized spacial score (nSPS) is 10.9. The van der Waals surface area contributed by atoms with Gasteiger partial charge in [0, 0.05) is 17.5 Å². The van der Waals surface area contributed by atoms with Crippen molar-refractivity contribution in [1.29, 1.82) is 0 Å². The molecule has 1 aromatic heterocycles. The lowest BCUT2D eigenvalue weighted by atomic mass is 10.1. The lowest BCUT2D eigenvalue weighted by molar-refractivity contribution is -0.617. The number of aryl methyl sites for hydroxylation is 1. The molecule has 0 aliphatic rings. The molecule has 0 saturated carbocycles. The predicted molar refractivity (Wildman–Crippen MR) is 69.6 cm³/mol. The molecule has 0 atom stereocenters. The minimum absolute atomic E-state index is 0.342. The van der Waals surface area contributed by atoms with Gasteiger partial charge in [0.1, 0.15) is 7.05 Å². The Balaban J connectivity index is 2.55. The van der Waals surface area contributed by atoms with Gasteiger partial charge in [-0.2, -0.15) is 4.57 Å². The molecule has 3 aromatic rings. The third kappa shape index (κ3) is 1.44. The topological polar surface area (TPSA) is 41.2 Å². The molecule has 88 valence electrons. The highest BCUT2D eigenvalue weighted by molar-refractivity contribution is 6.04. The lowest BCUT2D eigenvalue weighted by Crippen LogP contribution is -2.30. The summed E-state index contributed by atoms with van der Waals surface area (Å²) in [5, 5.41) is 11.0. The molecule has 1 heterocycles. The number of aromatic nitrogens is 1. The second-order valence-electron chi connectivity index (χ2n) is 4.31. The Hall–Kier alpha value is -2.42. The number of hydrogen-bond donors (Lipinski definition) is 1. The van der Waals surface area contributed by atoms with Gasteiger partial charge in [-0.3, -0.25) is 0 Å². The van der Waals surface area contributed by atoms with Crippen LogP contribution in [0.1, 0.15) is 10.4 Å². The van der Waals surface area contributed by atoms with Crippen molar-refractivity contribution in [3.05, 3.63) is 54.1 Å². The molecule has 3 heteroatoms. The lowest BCUT2D eigenvalue weighted by Gasteiger charge is -2.04. The maximum atomic E-state index is 11.3. The Morgan fingerprint density at radius 2 is 1.78 bits per heavy atom. The monoisotopic (exact) mass is 238 g/mol. The van der Waals surface area contributed by atoms with Crippen LogP contribution in [0.2, 0.25) is 0 Å². The highest BCUT2D eigenvalue weighted by Crippen LogP contribution is 2.21. The van der Waals surface area contributed by atoms with Crippen LogP contribution in [0.25, 0.3) is 21.8 Å². The van der Waals surface area contributed by atoms with Crippen molar-refractivity contribution in [2.45, 2.75) is 0 Å². The van der Waals surface area contributed by atoms with E-state index in [1.165, 1.54) is 0 Å². The molecular formula is C15H12NO2+. The van der Waals surface area contributed by atoms with Gasteiger partial charge in [0.2, 0.25) is 11.0 Å². The van der Waals surface area contributed by atoms with Gasteiger partial charge in [0.25, 0.3) is 0 Å². The first kappa shape index (κ1) is 10.7. The number of carboxylic acids is 1. The highest BCUT2D eigenvalue weighted by Gasteiger charge is 2.16. The van der Waals surface area contributed by atoms with Crippen molar-refractivity contribution in [1.82, 2.24) is 0 Å². The molecule has 0 saturated heterocycles. The average Bonchev–Trinajstić information content (AvgIpc) is 2.38. The zero-order chi connectivity index (χ0) is 12.7. The highest BCUT2D eigenvalue weighted by atomic mass is 16.4. The Bertz CT molecular complexity index is 778. The predicted octanol–water partition coefficient (Wildman–Crippen LogP) is 2.52. The van der Waals surface area contributed by atoms with Crippen LogP contribution in [-0.4, -0.2) is 11.1 Å². The number of rotatable bonds is 1. The van der Waals surface area contributed by atoms with Gasteiger partial charge >= 0.3 is 5.97 Å². The third-order valence-corrected chi connectivity index (χ3v) is 3.27. The molecule has 0 radical (unpaired) electrons. The average molecular weight is 238 g/mol. The summed E-state index contributed by atoms with van der Waals surface area (Å²) in [6.45, 7) is 0. The van der Waals surface area contributed by atoms with Gasteiger partial charge < -0.3 is 5.11 Å². The van der Waals surface area contributed by atoms with Gasteiger partial charge in [-0.15, -0.1) is 0 Å². The Morgan fingerprint density at radius 3 is 2.56 bits per heavy atom. The number of para-hydroxylation sites is 1. The molecular weight excluding hydrogens is 226 g/mol. The first-order valence-corrected chi connectivity index (χ1v) is 5.72. The zero-order valence-corrected chi connectivity index (χ0v) is 9.92. The van der Waals surface area contributed by atoms with Gasteiger partial charge in [0.05, 0.1) is 10.9 Å². The minimum Gasteiger partial charge on any atom is -0.478 e. The van der Waals surface area contributed by atoms with Crippen molar-refractivity contribution < 1.29 is 14.5 Å². The van der Waals surface area contributed by atoms with Crippen LogP contribution in [0.15, 0.2) is 48.5 Å². The summed E-state index contributed by atoms with van der Waals surface area (Å²) >= 11 is 0. The number of nitrogens with zero attached hydrogens (tertiary/aromatic N) is 1. The second-order valence-corrected chi connectivity index (χ2v) is 4.31. The molecule has 0 spiro atoms. The van der Waals surface area contributed by atoms with E-state index in [1.54, 1.807) is 12.1 Å². The van der Waals surface area contributed by atoms with Crippen molar-refractivity contribution in [3.63, 3.8) is 0 Å². The van der Waals surface area contributed by atoms with Crippen LogP contribution in [0, 0.1) is 0 Å². The summed E-state index contributed by atoms with van der Waals surface area (Å²) in [5.74, 6) is -0.893. The van der Waals surface area contributed by atoms with E-state index in [0.717, 1.165) is 21.8 Å². The number of aromatic carboxylic acids is 1. The number of carbonyl (C=O) groups is 1. The first-order valence-electron chi connectivity index (χ1n) is 5.72. The molecule has 18 heavy (non-hydrogen) atoms. The molecule has 0 unspecified atom stereocenters. The SMILES string of the molecule is C[n+]1c2ccccc2cc2c(C(=O)O)cccc21. The van der Waals surface area contributed by atoms with Crippen LogP contribution in [0.4, 0.5) is 0 Å². The van der Waals surface area contributed by atoms with Crippen LogP contribution < -0.4 is 4.57 Å². The van der Waals surface area contributed by atoms with Gasteiger partial charge in [0.15, 0.2) is 0 Å². The van der Waals surface area contributed by atoms with Crippen molar-refractivity contribution in [3.8, 4) is 0 Å². The van der Waals surface area contributed by atoms with Gasteiger partial charge in [-0.05, 0) is 18.2 Å². The van der Waals surface area contributed by atoms with E-state index in [2.05, 4.69) is 0 Å². The number of benzene rings is 2. The number of hydrogen-bond acceptors (Lipinski definition) is 1. The molecule has 1 N–H and O–H groups in total. The van der Waals surface area contributed by atoms with Gasteiger partial charge in [-0.25, -0.2) is 4.79 Å². The third-order valence-electron chi connectivity index (χ3n) is 3.27. The summed E-state index contributed by atoms with van der Waals surface area (Å²) in [6, 6.07) is 15.3. The first-order chi connectivity index (χ1) is 8.68. The fourth-order valence-corrected chi connectivity index (χ4v) is 2.38. The van der Waals surface area contributed by atoms with E-state index in [4.69, 9.17) is 0 Å². The van der Waals surface area contributed by atoms with Crippen LogP contribution >= 0.6 is 0 Å². The maximum Gasteiger partial charge on any atom is 0.336 e. The Kier molecular flexibility index (Phi) is 2.27. The fraction of sp³-hybridized carbons (Fsp3) is 0.0667. The fourth-order valence-electron chi connectivity index (χ4n) is 2.38. The quantitative estimate of drug-likeness (QED) is 0.523. The standard InChI is InChI=1S/C15H11NO2/c1-16-13-7-3-2-5-10(13)9-12-11(15(17)18)6-4-8-14(12)16/h2-9H,1H3/p+1. The Morgan fingerprint density at radius 1 is 1.06 bits per heavy atom. The molecule has 3 nitrogen and oxygen atoms in total. The molecule has 0 aliphatic heterocycles. The van der Waals surface area contributed by atoms with Crippen molar-refractivity contribution in [2.75, 3.05) is 0 Å². The number of carboxylic acid groups (broad SMARTS) is 1.